The first-order valence-corrected chi connectivity index (χ1v) is 11.0. The molecule has 1 aromatic rings. The van der Waals surface area contributed by atoms with Crippen molar-refractivity contribution in [1.82, 2.24) is 0 Å². The summed E-state index contributed by atoms with van der Waals surface area (Å²) in [7, 11) is 0. The number of hydrogen-bond acceptors (Lipinski definition) is 2. The molecule has 0 atom stereocenters. The molecule has 168 valence electrons. The van der Waals surface area contributed by atoms with Gasteiger partial charge in [-0.05, 0) is 56.3 Å². The highest BCUT2D eigenvalue weighted by Crippen LogP contribution is 2.42. The average Bonchev–Trinajstić information content (AvgIpc) is 2.67. The Balaban J connectivity index is 1.51. The van der Waals surface area contributed by atoms with Crippen LogP contribution in [-0.4, -0.2) is 5.97 Å². The van der Waals surface area contributed by atoms with Crippen LogP contribution < -0.4 is 4.74 Å². The summed E-state index contributed by atoms with van der Waals surface area (Å²) in [5, 5.41) is 0. The van der Waals surface area contributed by atoms with Gasteiger partial charge in [-0.3, -0.25) is 4.79 Å². The van der Waals surface area contributed by atoms with Crippen molar-refractivity contribution in [2.45, 2.75) is 77.3 Å². The number of halogens is 5. The standard InChI is InChI=1S/C23H29F5O2/c1-2-3-14-4-6-15(7-5-14)16-8-10-17(11-9-16)22(29)30-18-12-19(24)21(20(25)13-18)23(26,27)28/h12-17H,2-11H2,1H3. The molecule has 7 heteroatoms. The quantitative estimate of drug-likeness (QED) is 0.277. The number of carbonyl (C=O) groups excluding carboxylic acids is 1. The first-order valence-electron chi connectivity index (χ1n) is 11.0. The van der Waals surface area contributed by atoms with Gasteiger partial charge in [0.05, 0.1) is 5.92 Å². The summed E-state index contributed by atoms with van der Waals surface area (Å²) in [6.45, 7) is 2.22. The van der Waals surface area contributed by atoms with Gasteiger partial charge in [0, 0.05) is 12.1 Å². The number of rotatable bonds is 5. The van der Waals surface area contributed by atoms with E-state index in [1.807, 2.05) is 0 Å². The molecular formula is C23H29F5O2. The minimum atomic E-state index is -5.15. The Hall–Kier alpha value is -1.66. The van der Waals surface area contributed by atoms with E-state index in [-0.39, 0.29) is 5.92 Å². The van der Waals surface area contributed by atoms with Crippen molar-refractivity contribution in [2.75, 3.05) is 0 Å². The van der Waals surface area contributed by atoms with Crippen LogP contribution in [0.15, 0.2) is 12.1 Å². The van der Waals surface area contributed by atoms with Crippen LogP contribution in [0.1, 0.15) is 76.7 Å². The average molecular weight is 432 g/mol. The van der Waals surface area contributed by atoms with Crippen LogP contribution in [0.2, 0.25) is 0 Å². The lowest BCUT2D eigenvalue weighted by Crippen LogP contribution is -2.30. The minimum Gasteiger partial charge on any atom is -0.426 e. The van der Waals surface area contributed by atoms with Crippen molar-refractivity contribution in [1.29, 1.82) is 0 Å². The molecule has 0 unspecified atom stereocenters. The van der Waals surface area contributed by atoms with Gasteiger partial charge in [-0.15, -0.1) is 0 Å². The number of ether oxygens (including phenoxy) is 1. The Morgan fingerprint density at radius 1 is 0.933 bits per heavy atom. The van der Waals surface area contributed by atoms with E-state index in [2.05, 4.69) is 6.92 Å². The van der Waals surface area contributed by atoms with Crippen molar-refractivity contribution in [3.05, 3.63) is 29.3 Å². The maximum Gasteiger partial charge on any atom is 0.422 e. The van der Waals surface area contributed by atoms with Gasteiger partial charge in [-0.2, -0.15) is 13.2 Å². The summed E-state index contributed by atoms with van der Waals surface area (Å²) in [5.74, 6) is -2.96. The van der Waals surface area contributed by atoms with E-state index in [0.29, 0.717) is 36.8 Å². The second-order valence-corrected chi connectivity index (χ2v) is 8.86. The predicted molar refractivity (Wildman–Crippen MR) is 103 cm³/mol. The van der Waals surface area contributed by atoms with E-state index in [0.717, 1.165) is 18.8 Å². The SMILES string of the molecule is CCCC1CCC(C2CCC(C(=O)Oc3cc(F)c(C(F)(F)F)c(F)c3)CC2)CC1. The first-order chi connectivity index (χ1) is 14.2. The fourth-order valence-corrected chi connectivity index (χ4v) is 5.26. The van der Waals surface area contributed by atoms with Crippen LogP contribution in [0.3, 0.4) is 0 Å². The lowest BCUT2D eigenvalue weighted by atomic mass is 9.69. The fourth-order valence-electron chi connectivity index (χ4n) is 5.26. The number of benzene rings is 1. The highest BCUT2D eigenvalue weighted by molar-refractivity contribution is 5.75. The van der Waals surface area contributed by atoms with Crippen LogP contribution in [0.4, 0.5) is 22.0 Å². The van der Waals surface area contributed by atoms with Crippen LogP contribution >= 0.6 is 0 Å². The molecule has 0 heterocycles. The largest absolute Gasteiger partial charge is 0.426 e. The molecule has 0 aliphatic heterocycles. The summed E-state index contributed by atoms with van der Waals surface area (Å²) in [4.78, 5) is 12.4. The second-order valence-electron chi connectivity index (χ2n) is 8.86. The van der Waals surface area contributed by atoms with E-state index in [9.17, 15) is 26.7 Å². The first kappa shape index (κ1) is 23.0. The topological polar surface area (TPSA) is 26.3 Å². The van der Waals surface area contributed by atoms with E-state index in [4.69, 9.17) is 4.74 Å². The number of alkyl halides is 3. The summed E-state index contributed by atoms with van der Waals surface area (Å²) >= 11 is 0. The molecule has 0 aromatic heterocycles. The van der Waals surface area contributed by atoms with Crippen molar-refractivity contribution in [3.63, 3.8) is 0 Å². The molecule has 3 rings (SSSR count). The molecule has 2 saturated carbocycles. The molecule has 2 aliphatic rings. The molecule has 0 amide bonds. The maximum atomic E-state index is 13.7. The van der Waals surface area contributed by atoms with Gasteiger partial charge in [-0.1, -0.05) is 32.6 Å². The maximum absolute atomic E-state index is 13.7. The molecule has 30 heavy (non-hydrogen) atoms. The van der Waals surface area contributed by atoms with Crippen LogP contribution in [-0.2, 0) is 11.0 Å². The lowest BCUT2D eigenvalue weighted by molar-refractivity contribution is -0.142. The lowest BCUT2D eigenvalue weighted by Gasteiger charge is -2.37. The third-order valence-electron chi connectivity index (χ3n) is 6.88. The van der Waals surface area contributed by atoms with Crippen molar-refractivity contribution in [3.8, 4) is 5.75 Å². The third kappa shape index (κ3) is 5.52. The summed E-state index contributed by atoms with van der Waals surface area (Å²) < 4.78 is 70.4. The third-order valence-corrected chi connectivity index (χ3v) is 6.88. The number of carbonyl (C=O) groups is 1. The van der Waals surface area contributed by atoms with Crippen molar-refractivity contribution in [2.24, 2.45) is 23.7 Å². The van der Waals surface area contributed by atoms with Gasteiger partial charge >= 0.3 is 12.1 Å². The van der Waals surface area contributed by atoms with Gasteiger partial charge in [0.1, 0.15) is 22.9 Å². The Bertz CT molecular complexity index is 707. The van der Waals surface area contributed by atoms with Gasteiger partial charge in [-0.25, -0.2) is 8.78 Å². The minimum absolute atomic E-state index is 0.383. The van der Waals surface area contributed by atoms with Crippen molar-refractivity contribution < 1.29 is 31.5 Å². The highest BCUT2D eigenvalue weighted by Gasteiger charge is 2.39. The Labute approximate surface area is 174 Å². The highest BCUT2D eigenvalue weighted by atomic mass is 19.4. The molecule has 0 saturated heterocycles. The Morgan fingerprint density at radius 3 is 1.90 bits per heavy atom. The number of hydrogen-bond donors (Lipinski definition) is 0. The van der Waals surface area contributed by atoms with Crippen molar-refractivity contribution >= 4 is 5.97 Å². The summed E-state index contributed by atoms with van der Waals surface area (Å²) in [5.41, 5.74) is -1.98. The molecular weight excluding hydrogens is 403 g/mol. The monoisotopic (exact) mass is 432 g/mol. The zero-order chi connectivity index (χ0) is 21.9. The number of esters is 1. The van der Waals surface area contributed by atoms with E-state index >= 15 is 0 Å². The summed E-state index contributed by atoms with van der Waals surface area (Å²) in [6, 6.07) is 0.842. The smallest absolute Gasteiger partial charge is 0.422 e. The van der Waals surface area contributed by atoms with Gasteiger partial charge < -0.3 is 4.74 Å². The summed E-state index contributed by atoms with van der Waals surface area (Å²) in [6.07, 6.45) is 5.56. The Kier molecular flexibility index (Phi) is 7.40. The van der Waals surface area contributed by atoms with E-state index in [1.54, 1.807) is 0 Å². The molecule has 0 radical (unpaired) electrons. The zero-order valence-corrected chi connectivity index (χ0v) is 17.2. The van der Waals surface area contributed by atoms with Gasteiger partial charge in [0.15, 0.2) is 0 Å². The van der Waals surface area contributed by atoms with Gasteiger partial charge in [0.2, 0.25) is 0 Å². The second kappa shape index (κ2) is 9.65. The molecule has 2 fully saturated rings. The van der Waals surface area contributed by atoms with Crippen LogP contribution in [0.25, 0.3) is 0 Å². The molecule has 0 spiro atoms. The molecule has 0 N–H and O–H groups in total. The van der Waals surface area contributed by atoms with Crippen LogP contribution in [0, 0.1) is 35.3 Å². The normalized spacial score (nSPS) is 27.7. The Morgan fingerprint density at radius 2 is 1.43 bits per heavy atom. The predicted octanol–water partition coefficient (Wildman–Crippen LogP) is 7.30. The zero-order valence-electron chi connectivity index (χ0n) is 17.2. The van der Waals surface area contributed by atoms with E-state index in [1.165, 1.54) is 38.5 Å². The van der Waals surface area contributed by atoms with Gasteiger partial charge in [0.25, 0.3) is 0 Å². The molecule has 0 bridgehead atoms. The molecule has 1 aromatic carbocycles. The van der Waals surface area contributed by atoms with E-state index < -0.39 is 35.1 Å². The molecule has 2 aliphatic carbocycles. The molecule has 2 nitrogen and oxygen atoms in total. The van der Waals surface area contributed by atoms with Crippen LogP contribution in [0.5, 0.6) is 5.75 Å². The fraction of sp³-hybridized carbons (Fsp3) is 0.696.